The summed E-state index contributed by atoms with van der Waals surface area (Å²) >= 11 is 0. The molecule has 0 aromatic heterocycles. The van der Waals surface area contributed by atoms with Crippen LogP contribution in [0.2, 0.25) is 0 Å². The van der Waals surface area contributed by atoms with Crippen LogP contribution in [0.25, 0.3) is 0 Å². The maximum absolute atomic E-state index is 11.2. The summed E-state index contributed by atoms with van der Waals surface area (Å²) < 4.78 is 0. The third kappa shape index (κ3) is 1.28. The van der Waals surface area contributed by atoms with Crippen LogP contribution in [0.15, 0.2) is 29.3 Å². The molecule has 64 valence electrons. The van der Waals surface area contributed by atoms with Crippen LogP contribution in [-0.2, 0) is 16.0 Å². The lowest BCUT2D eigenvalue weighted by Gasteiger charge is -2.09. The average Bonchev–Trinajstić information content (AvgIpc) is 2.17. The molecule has 0 saturated heterocycles. The Morgan fingerprint density at radius 3 is 2.85 bits per heavy atom. The summed E-state index contributed by atoms with van der Waals surface area (Å²) in [7, 11) is 0. The van der Waals surface area contributed by atoms with Crippen molar-refractivity contribution in [1.82, 2.24) is 0 Å². The molecule has 1 aliphatic heterocycles. The van der Waals surface area contributed by atoms with E-state index < -0.39 is 0 Å². The maximum atomic E-state index is 11.2. The van der Waals surface area contributed by atoms with Crippen LogP contribution in [0.1, 0.15) is 5.56 Å². The maximum Gasteiger partial charge on any atom is 0.188 e. The van der Waals surface area contributed by atoms with Crippen molar-refractivity contribution in [2.45, 2.75) is 6.42 Å². The van der Waals surface area contributed by atoms with Crippen LogP contribution in [0, 0.1) is 0 Å². The first-order chi connectivity index (χ1) is 6.31. The number of Topliss-reactive ketones (excluding diaryl/α,β-unsaturated/α-hetero) is 1. The van der Waals surface area contributed by atoms with Crippen LogP contribution in [0.3, 0.4) is 0 Å². The van der Waals surface area contributed by atoms with Gasteiger partial charge in [0.25, 0.3) is 0 Å². The summed E-state index contributed by atoms with van der Waals surface area (Å²) in [5.41, 5.74) is 1.64. The van der Waals surface area contributed by atoms with Crippen LogP contribution in [0.4, 0.5) is 5.69 Å². The fourth-order valence-electron chi connectivity index (χ4n) is 1.32. The van der Waals surface area contributed by atoms with Gasteiger partial charge in [0.2, 0.25) is 0 Å². The van der Waals surface area contributed by atoms with Gasteiger partial charge in [-0.05, 0) is 11.6 Å². The molecule has 0 N–H and O–H groups in total. The highest BCUT2D eigenvalue weighted by Crippen LogP contribution is 2.23. The van der Waals surface area contributed by atoms with Crippen molar-refractivity contribution in [1.29, 1.82) is 0 Å². The number of carbonyl (C=O) groups is 2. The first kappa shape index (κ1) is 7.86. The predicted molar refractivity (Wildman–Crippen MR) is 48.3 cm³/mol. The molecule has 3 nitrogen and oxygen atoms in total. The number of fused-ring (bicyclic) bond motifs is 1. The number of benzene rings is 1. The molecular weight excluding hydrogens is 166 g/mol. The fourth-order valence-corrected chi connectivity index (χ4v) is 1.32. The largest absolute Gasteiger partial charge is 0.296 e. The number of ketones is 1. The van der Waals surface area contributed by atoms with Crippen LogP contribution >= 0.6 is 0 Å². The second-order valence-electron chi connectivity index (χ2n) is 2.84. The number of rotatable bonds is 1. The number of para-hydroxylation sites is 1. The van der Waals surface area contributed by atoms with Crippen LogP contribution < -0.4 is 0 Å². The highest BCUT2D eigenvalue weighted by atomic mass is 16.1. The first-order valence-corrected chi connectivity index (χ1v) is 3.96. The van der Waals surface area contributed by atoms with Gasteiger partial charge in [-0.1, -0.05) is 18.2 Å². The summed E-state index contributed by atoms with van der Waals surface area (Å²) in [6.07, 6.45) is 0.798. The Bertz CT molecular complexity index is 407. The van der Waals surface area contributed by atoms with Gasteiger partial charge in [0.15, 0.2) is 12.1 Å². The standard InChI is InChI=1S/C10H7NO2/c12-6-9-10(13)5-7-3-1-2-4-8(7)11-9/h1-4,6H,5H2. The van der Waals surface area contributed by atoms with Gasteiger partial charge in [0.1, 0.15) is 5.71 Å². The summed E-state index contributed by atoms with van der Waals surface area (Å²) in [6.45, 7) is 0. The molecule has 0 fully saturated rings. The van der Waals surface area contributed by atoms with E-state index in [0.29, 0.717) is 6.29 Å². The Morgan fingerprint density at radius 2 is 2.08 bits per heavy atom. The third-order valence-electron chi connectivity index (χ3n) is 1.98. The van der Waals surface area contributed by atoms with Crippen molar-refractivity contribution in [3.63, 3.8) is 0 Å². The van der Waals surface area contributed by atoms with E-state index in [4.69, 9.17) is 0 Å². The van der Waals surface area contributed by atoms with Gasteiger partial charge in [-0.15, -0.1) is 0 Å². The highest BCUT2D eigenvalue weighted by molar-refractivity contribution is 6.61. The molecule has 0 amide bonds. The van der Waals surface area contributed by atoms with E-state index in [2.05, 4.69) is 4.99 Å². The van der Waals surface area contributed by atoms with Crippen molar-refractivity contribution in [2.75, 3.05) is 0 Å². The Morgan fingerprint density at radius 1 is 1.31 bits per heavy atom. The molecule has 0 aliphatic carbocycles. The lowest BCUT2D eigenvalue weighted by Crippen LogP contribution is -2.20. The molecule has 13 heavy (non-hydrogen) atoms. The van der Waals surface area contributed by atoms with E-state index in [9.17, 15) is 9.59 Å². The van der Waals surface area contributed by atoms with E-state index in [-0.39, 0.29) is 17.9 Å². The van der Waals surface area contributed by atoms with Crippen molar-refractivity contribution in [3.05, 3.63) is 29.8 Å². The zero-order valence-electron chi connectivity index (χ0n) is 6.86. The molecule has 0 atom stereocenters. The number of hydrogen-bond acceptors (Lipinski definition) is 3. The second kappa shape index (κ2) is 2.94. The monoisotopic (exact) mass is 173 g/mol. The topological polar surface area (TPSA) is 46.5 Å². The smallest absolute Gasteiger partial charge is 0.188 e. The van der Waals surface area contributed by atoms with Gasteiger partial charge in [-0.2, -0.15) is 0 Å². The molecule has 2 rings (SSSR count). The predicted octanol–water partition coefficient (Wildman–Crippen LogP) is 1.08. The van der Waals surface area contributed by atoms with Gasteiger partial charge >= 0.3 is 0 Å². The highest BCUT2D eigenvalue weighted by Gasteiger charge is 2.18. The molecule has 1 aliphatic rings. The molecule has 1 heterocycles. The van der Waals surface area contributed by atoms with E-state index >= 15 is 0 Å². The summed E-state index contributed by atoms with van der Waals surface area (Å²) in [4.78, 5) is 25.6. The van der Waals surface area contributed by atoms with Gasteiger partial charge < -0.3 is 0 Å². The average molecular weight is 173 g/mol. The number of aldehydes is 1. The minimum Gasteiger partial charge on any atom is -0.296 e. The van der Waals surface area contributed by atoms with Crippen molar-refractivity contribution >= 4 is 23.5 Å². The van der Waals surface area contributed by atoms with Crippen LogP contribution in [-0.4, -0.2) is 17.8 Å². The molecule has 1 aromatic rings. The Kier molecular flexibility index (Phi) is 1.77. The van der Waals surface area contributed by atoms with E-state index in [1.54, 1.807) is 6.07 Å². The Balaban J connectivity index is 2.56. The molecule has 1 aromatic carbocycles. The quantitative estimate of drug-likeness (QED) is 0.596. The summed E-state index contributed by atoms with van der Waals surface area (Å²) in [5.74, 6) is -0.200. The zero-order valence-corrected chi connectivity index (χ0v) is 6.86. The molecule has 0 bridgehead atoms. The Hall–Kier alpha value is -1.77. The number of nitrogens with zero attached hydrogens (tertiary/aromatic N) is 1. The normalized spacial score (nSPS) is 14.8. The summed E-state index contributed by atoms with van der Waals surface area (Å²) in [6, 6.07) is 7.33. The lowest BCUT2D eigenvalue weighted by atomic mass is 10.0. The fraction of sp³-hybridized carbons (Fsp3) is 0.100. The molecule has 0 saturated carbocycles. The van der Waals surface area contributed by atoms with Crippen molar-refractivity contribution in [3.8, 4) is 0 Å². The third-order valence-corrected chi connectivity index (χ3v) is 1.98. The minimum absolute atomic E-state index is 0.0266. The van der Waals surface area contributed by atoms with Crippen LogP contribution in [0.5, 0.6) is 0 Å². The number of hydrogen-bond donors (Lipinski definition) is 0. The molecule has 3 heteroatoms. The van der Waals surface area contributed by atoms with Gasteiger partial charge in [-0.25, -0.2) is 4.99 Å². The second-order valence-corrected chi connectivity index (χ2v) is 2.84. The number of carbonyl (C=O) groups excluding carboxylic acids is 2. The van der Waals surface area contributed by atoms with Crippen molar-refractivity contribution < 1.29 is 9.59 Å². The molecular formula is C10H7NO2. The molecule has 0 spiro atoms. The first-order valence-electron chi connectivity index (χ1n) is 3.96. The van der Waals surface area contributed by atoms with Gasteiger partial charge in [0, 0.05) is 6.42 Å². The zero-order chi connectivity index (χ0) is 9.26. The number of aliphatic imine (C=N–C) groups is 1. The minimum atomic E-state index is -0.200. The van der Waals surface area contributed by atoms with E-state index in [1.807, 2.05) is 18.2 Å². The van der Waals surface area contributed by atoms with Gasteiger partial charge in [0.05, 0.1) is 5.69 Å². The van der Waals surface area contributed by atoms with Crippen molar-refractivity contribution in [2.24, 2.45) is 4.99 Å². The van der Waals surface area contributed by atoms with E-state index in [0.717, 1.165) is 11.3 Å². The Labute approximate surface area is 75.1 Å². The summed E-state index contributed by atoms with van der Waals surface area (Å²) in [5, 5.41) is 0. The SMILES string of the molecule is O=CC1=Nc2ccccc2CC1=O. The van der Waals surface area contributed by atoms with Gasteiger partial charge in [-0.3, -0.25) is 9.59 Å². The lowest BCUT2D eigenvalue weighted by molar-refractivity contribution is -0.113. The molecule has 0 unspecified atom stereocenters. The molecule has 0 radical (unpaired) electrons. The van der Waals surface area contributed by atoms with E-state index in [1.165, 1.54) is 0 Å².